The minimum Gasteiger partial charge on any atom is -0.309 e. The second kappa shape index (κ2) is 3.63. The maximum Gasteiger partial charge on any atom is 0.214 e. The molecule has 15 heavy (non-hydrogen) atoms. The Hall–Kier alpha value is -0.840. The first kappa shape index (κ1) is 9.39. The Morgan fingerprint density at radius 1 is 1.20 bits per heavy atom. The van der Waals surface area contributed by atoms with E-state index in [0.29, 0.717) is 5.92 Å². The summed E-state index contributed by atoms with van der Waals surface area (Å²) in [7, 11) is 0. The van der Waals surface area contributed by atoms with Crippen molar-refractivity contribution >= 4 is 12.2 Å². The average Bonchev–Trinajstić information content (AvgIpc) is 3.04. The Balaban J connectivity index is 1.93. The van der Waals surface area contributed by atoms with Crippen molar-refractivity contribution in [1.29, 1.82) is 0 Å². The molecule has 82 valence electrons. The highest BCUT2D eigenvalue weighted by molar-refractivity contribution is 7.71. The maximum atomic E-state index is 5.30. The predicted molar refractivity (Wildman–Crippen MR) is 61.2 cm³/mol. The van der Waals surface area contributed by atoms with Crippen molar-refractivity contribution in [2.24, 2.45) is 0 Å². The summed E-state index contributed by atoms with van der Waals surface area (Å²) >= 11 is 5.30. The molecule has 1 aromatic heterocycles. The monoisotopic (exact) mass is 224 g/mol. The van der Waals surface area contributed by atoms with Crippen LogP contribution in [-0.2, 0) is 0 Å². The maximum absolute atomic E-state index is 5.30. The van der Waals surface area contributed by atoms with Crippen molar-refractivity contribution in [3.8, 4) is 0 Å². The second-order valence-electron chi connectivity index (χ2n) is 4.49. The van der Waals surface area contributed by atoms with Crippen molar-refractivity contribution in [3.05, 3.63) is 10.6 Å². The predicted octanol–water partition coefficient (Wildman–Crippen LogP) is 1.94. The second-order valence-corrected chi connectivity index (χ2v) is 4.87. The fraction of sp³-hybridized carbons (Fsp3) is 0.800. The molecule has 1 aliphatic carbocycles. The number of nitrogens with one attached hydrogen (secondary N) is 1. The van der Waals surface area contributed by atoms with E-state index in [4.69, 9.17) is 12.2 Å². The summed E-state index contributed by atoms with van der Waals surface area (Å²) in [4.78, 5) is 0. The Bertz CT molecular complexity index is 398. The lowest BCUT2D eigenvalue weighted by Crippen LogP contribution is -2.40. The molecule has 0 spiro atoms. The van der Waals surface area contributed by atoms with Gasteiger partial charge in [-0.3, -0.25) is 5.10 Å². The van der Waals surface area contributed by atoms with Crippen LogP contribution in [0.5, 0.6) is 0 Å². The van der Waals surface area contributed by atoms with E-state index in [9.17, 15) is 0 Å². The van der Waals surface area contributed by atoms with Gasteiger partial charge in [0.15, 0.2) is 5.82 Å². The lowest BCUT2D eigenvalue weighted by Gasteiger charge is -2.30. The molecular weight excluding hydrogens is 208 g/mol. The molecular formula is C10H16N4S. The van der Waals surface area contributed by atoms with Gasteiger partial charge in [-0.25, -0.2) is 4.68 Å². The molecule has 2 fully saturated rings. The zero-order valence-electron chi connectivity index (χ0n) is 8.78. The molecule has 1 aromatic rings. The minimum absolute atomic E-state index is 0.653. The number of aromatic amines is 1. The van der Waals surface area contributed by atoms with Crippen LogP contribution in [0.1, 0.15) is 43.8 Å². The molecule has 1 N–H and O–H groups in total. The van der Waals surface area contributed by atoms with Crippen LogP contribution in [0.15, 0.2) is 0 Å². The number of H-pyrrole nitrogens is 1. The number of piperidine rings is 1. The SMILES string of the molecule is S=c1[nH]nc(C2CC2)n1N1CCCCC1. The van der Waals surface area contributed by atoms with Gasteiger partial charge in [0, 0.05) is 19.0 Å². The van der Waals surface area contributed by atoms with E-state index in [2.05, 4.69) is 19.9 Å². The van der Waals surface area contributed by atoms with Gasteiger partial charge in [0.05, 0.1) is 0 Å². The summed E-state index contributed by atoms with van der Waals surface area (Å²) in [5.74, 6) is 1.81. The molecule has 0 aromatic carbocycles. The zero-order chi connectivity index (χ0) is 10.3. The van der Waals surface area contributed by atoms with Gasteiger partial charge in [0.2, 0.25) is 4.77 Å². The van der Waals surface area contributed by atoms with Crippen LogP contribution in [0.4, 0.5) is 0 Å². The fourth-order valence-electron chi connectivity index (χ4n) is 2.26. The van der Waals surface area contributed by atoms with Crippen LogP contribution < -0.4 is 5.01 Å². The molecule has 0 radical (unpaired) electrons. The van der Waals surface area contributed by atoms with E-state index < -0.39 is 0 Å². The Morgan fingerprint density at radius 2 is 1.93 bits per heavy atom. The van der Waals surface area contributed by atoms with Crippen LogP contribution in [0, 0.1) is 4.77 Å². The summed E-state index contributed by atoms with van der Waals surface area (Å²) in [6.07, 6.45) is 6.44. The van der Waals surface area contributed by atoms with Gasteiger partial charge in [-0.15, -0.1) is 0 Å². The van der Waals surface area contributed by atoms with E-state index in [1.807, 2.05) is 0 Å². The van der Waals surface area contributed by atoms with E-state index in [1.54, 1.807) is 0 Å². The van der Waals surface area contributed by atoms with Crippen molar-refractivity contribution in [3.63, 3.8) is 0 Å². The van der Waals surface area contributed by atoms with E-state index in [1.165, 1.54) is 32.1 Å². The first-order valence-electron chi connectivity index (χ1n) is 5.79. The molecule has 1 saturated heterocycles. The van der Waals surface area contributed by atoms with Gasteiger partial charge in [-0.2, -0.15) is 5.10 Å². The molecule has 5 heteroatoms. The third-order valence-electron chi connectivity index (χ3n) is 3.23. The van der Waals surface area contributed by atoms with Gasteiger partial charge in [0.25, 0.3) is 0 Å². The summed E-state index contributed by atoms with van der Waals surface area (Å²) in [6.45, 7) is 2.24. The van der Waals surface area contributed by atoms with Gasteiger partial charge in [-0.1, -0.05) is 0 Å². The quantitative estimate of drug-likeness (QED) is 0.780. The molecule has 3 rings (SSSR count). The Morgan fingerprint density at radius 3 is 2.60 bits per heavy atom. The minimum atomic E-state index is 0.653. The zero-order valence-corrected chi connectivity index (χ0v) is 9.59. The molecule has 1 aliphatic heterocycles. The number of hydrogen-bond acceptors (Lipinski definition) is 3. The first-order chi connectivity index (χ1) is 7.36. The Kier molecular flexibility index (Phi) is 2.27. The van der Waals surface area contributed by atoms with Crippen LogP contribution >= 0.6 is 12.2 Å². The van der Waals surface area contributed by atoms with Gasteiger partial charge < -0.3 is 5.01 Å². The summed E-state index contributed by atoms with van der Waals surface area (Å²) in [5, 5.41) is 9.64. The molecule has 4 nitrogen and oxygen atoms in total. The van der Waals surface area contributed by atoms with Crippen LogP contribution in [0.3, 0.4) is 0 Å². The number of nitrogens with zero attached hydrogens (tertiary/aromatic N) is 3. The number of aromatic nitrogens is 3. The average molecular weight is 224 g/mol. The summed E-state index contributed by atoms with van der Waals surface area (Å²) in [6, 6.07) is 0. The third kappa shape index (κ3) is 1.69. The largest absolute Gasteiger partial charge is 0.309 e. The van der Waals surface area contributed by atoms with E-state index >= 15 is 0 Å². The first-order valence-corrected chi connectivity index (χ1v) is 6.19. The molecule has 0 unspecified atom stereocenters. The van der Waals surface area contributed by atoms with Crippen LogP contribution in [-0.4, -0.2) is 28.0 Å². The molecule has 1 saturated carbocycles. The van der Waals surface area contributed by atoms with Gasteiger partial charge in [-0.05, 0) is 44.3 Å². The lowest BCUT2D eigenvalue weighted by molar-refractivity contribution is 0.464. The molecule has 0 amide bonds. The smallest absolute Gasteiger partial charge is 0.214 e. The lowest BCUT2D eigenvalue weighted by atomic mass is 10.2. The standard InChI is InChI=1S/C10H16N4S/c15-10-12-11-9(8-4-5-8)14(10)13-6-2-1-3-7-13/h8H,1-7H2,(H,12,15). The highest BCUT2D eigenvalue weighted by Crippen LogP contribution is 2.39. The van der Waals surface area contributed by atoms with Crippen molar-refractivity contribution in [2.75, 3.05) is 18.1 Å². The normalized spacial score (nSPS) is 22.0. The van der Waals surface area contributed by atoms with Crippen molar-refractivity contribution < 1.29 is 0 Å². The molecule has 2 heterocycles. The van der Waals surface area contributed by atoms with Crippen LogP contribution in [0.25, 0.3) is 0 Å². The summed E-state index contributed by atoms with van der Waals surface area (Å²) < 4.78 is 2.91. The molecule has 0 atom stereocenters. The van der Waals surface area contributed by atoms with Gasteiger partial charge in [0.1, 0.15) is 0 Å². The van der Waals surface area contributed by atoms with E-state index in [-0.39, 0.29) is 0 Å². The molecule has 2 aliphatic rings. The van der Waals surface area contributed by atoms with Crippen LogP contribution in [0.2, 0.25) is 0 Å². The topological polar surface area (TPSA) is 36.9 Å². The summed E-state index contributed by atoms with van der Waals surface area (Å²) in [5.41, 5.74) is 0. The Labute approximate surface area is 94.3 Å². The van der Waals surface area contributed by atoms with Crippen molar-refractivity contribution in [1.82, 2.24) is 14.9 Å². The highest BCUT2D eigenvalue weighted by Gasteiger charge is 2.30. The number of hydrogen-bond donors (Lipinski definition) is 1. The van der Waals surface area contributed by atoms with Gasteiger partial charge >= 0.3 is 0 Å². The number of rotatable bonds is 2. The third-order valence-corrected chi connectivity index (χ3v) is 3.50. The van der Waals surface area contributed by atoms with Crippen molar-refractivity contribution in [2.45, 2.75) is 38.0 Å². The molecule has 0 bridgehead atoms. The fourth-order valence-corrected chi connectivity index (χ4v) is 2.51. The highest BCUT2D eigenvalue weighted by atomic mass is 32.1. The van der Waals surface area contributed by atoms with E-state index in [0.717, 1.165) is 23.7 Å².